The number of nitrogens with one attached hydrogen (secondary N) is 1. The maximum absolute atomic E-state index is 12.1. The van der Waals surface area contributed by atoms with Gasteiger partial charge in [0.15, 0.2) is 5.69 Å². The average Bonchev–Trinajstić information content (AvgIpc) is 2.96. The third-order valence-electron chi connectivity index (χ3n) is 3.28. The molecule has 6 heteroatoms. The van der Waals surface area contributed by atoms with Gasteiger partial charge in [-0.2, -0.15) is 0 Å². The zero-order chi connectivity index (χ0) is 16.3. The van der Waals surface area contributed by atoms with Gasteiger partial charge >= 0.3 is 0 Å². The van der Waals surface area contributed by atoms with Gasteiger partial charge in [-0.1, -0.05) is 32.9 Å². The van der Waals surface area contributed by atoms with Crippen molar-refractivity contribution in [3.8, 4) is 0 Å². The summed E-state index contributed by atoms with van der Waals surface area (Å²) < 4.78 is 5.08. The van der Waals surface area contributed by atoms with Crippen molar-refractivity contribution in [3.63, 3.8) is 0 Å². The topological polar surface area (TPSA) is 101 Å². The van der Waals surface area contributed by atoms with E-state index in [-0.39, 0.29) is 29.5 Å². The zero-order valence-corrected chi connectivity index (χ0v) is 13.0. The van der Waals surface area contributed by atoms with Crippen LogP contribution in [-0.2, 0) is 5.41 Å². The van der Waals surface area contributed by atoms with Crippen molar-refractivity contribution in [1.82, 2.24) is 4.98 Å². The molecule has 1 amide bonds. The van der Waals surface area contributed by atoms with E-state index in [1.54, 1.807) is 0 Å². The van der Waals surface area contributed by atoms with Gasteiger partial charge in [0, 0.05) is 5.69 Å². The highest BCUT2D eigenvalue weighted by Crippen LogP contribution is 2.23. The van der Waals surface area contributed by atoms with Gasteiger partial charge in [-0.3, -0.25) is 4.79 Å². The normalized spacial score (nSPS) is 13.0. The van der Waals surface area contributed by atoms with E-state index >= 15 is 0 Å². The second kappa shape index (κ2) is 6.29. The van der Waals surface area contributed by atoms with E-state index in [1.807, 2.05) is 24.3 Å². The van der Waals surface area contributed by atoms with E-state index in [2.05, 4.69) is 31.1 Å². The van der Waals surface area contributed by atoms with Crippen LogP contribution < -0.4 is 11.1 Å². The fourth-order valence-corrected chi connectivity index (χ4v) is 1.89. The molecule has 0 spiro atoms. The third-order valence-corrected chi connectivity index (χ3v) is 3.28. The maximum Gasteiger partial charge on any atom is 0.277 e. The summed E-state index contributed by atoms with van der Waals surface area (Å²) in [6, 6.07) is 6.92. The summed E-state index contributed by atoms with van der Waals surface area (Å²) in [5.74, 6) is -0.251. The highest BCUT2D eigenvalue weighted by molar-refractivity contribution is 6.02. The number of nitrogens with zero attached hydrogens (tertiary/aromatic N) is 1. The van der Waals surface area contributed by atoms with Crippen LogP contribution in [0.1, 0.15) is 48.8 Å². The van der Waals surface area contributed by atoms with Crippen molar-refractivity contribution in [2.45, 2.75) is 32.2 Å². The van der Waals surface area contributed by atoms with Crippen LogP contribution in [0.15, 0.2) is 34.9 Å². The Labute approximate surface area is 129 Å². The van der Waals surface area contributed by atoms with Crippen molar-refractivity contribution in [2.24, 2.45) is 5.73 Å². The SMILES string of the molecule is CC(C)(C)c1ccc(NC(=O)c2coc(C(N)CO)n2)cc1. The quantitative estimate of drug-likeness (QED) is 0.804. The minimum absolute atomic E-state index is 0.0595. The number of hydrogen-bond acceptors (Lipinski definition) is 5. The largest absolute Gasteiger partial charge is 0.446 e. The highest BCUT2D eigenvalue weighted by Gasteiger charge is 2.17. The third kappa shape index (κ3) is 3.72. The van der Waals surface area contributed by atoms with Crippen molar-refractivity contribution in [2.75, 3.05) is 11.9 Å². The molecule has 22 heavy (non-hydrogen) atoms. The molecule has 0 aliphatic carbocycles. The molecule has 1 unspecified atom stereocenters. The standard InChI is InChI=1S/C16H21N3O3/c1-16(2,3)10-4-6-11(7-5-10)18-14(21)13-9-22-15(19-13)12(17)8-20/h4-7,9,12,20H,8,17H2,1-3H3,(H,18,21). The smallest absolute Gasteiger partial charge is 0.277 e. The average molecular weight is 303 g/mol. The fraction of sp³-hybridized carbons (Fsp3) is 0.375. The van der Waals surface area contributed by atoms with E-state index in [9.17, 15) is 4.79 Å². The molecule has 2 rings (SSSR count). The Bertz CT molecular complexity index is 641. The number of aromatic nitrogens is 1. The van der Waals surface area contributed by atoms with Crippen LogP contribution in [0.2, 0.25) is 0 Å². The molecule has 0 fully saturated rings. The van der Waals surface area contributed by atoms with E-state index in [0.29, 0.717) is 5.69 Å². The number of nitrogens with two attached hydrogens (primary N) is 1. The number of aliphatic hydroxyl groups excluding tert-OH is 1. The molecule has 4 N–H and O–H groups in total. The van der Waals surface area contributed by atoms with Crippen LogP contribution in [0, 0.1) is 0 Å². The molecule has 0 saturated heterocycles. The van der Waals surface area contributed by atoms with Crippen molar-refractivity contribution in [3.05, 3.63) is 47.7 Å². The van der Waals surface area contributed by atoms with Crippen molar-refractivity contribution in [1.29, 1.82) is 0 Å². The molecule has 118 valence electrons. The minimum Gasteiger partial charge on any atom is -0.446 e. The van der Waals surface area contributed by atoms with Crippen LogP contribution in [0.4, 0.5) is 5.69 Å². The van der Waals surface area contributed by atoms with Gasteiger partial charge in [-0.15, -0.1) is 0 Å². The molecule has 6 nitrogen and oxygen atoms in total. The molecule has 0 radical (unpaired) electrons. The number of hydrogen-bond donors (Lipinski definition) is 3. The zero-order valence-electron chi connectivity index (χ0n) is 13.0. The van der Waals surface area contributed by atoms with Gasteiger partial charge in [0.05, 0.1) is 6.61 Å². The number of amides is 1. The lowest BCUT2D eigenvalue weighted by Gasteiger charge is -2.19. The van der Waals surface area contributed by atoms with Crippen LogP contribution in [0.25, 0.3) is 0 Å². The van der Waals surface area contributed by atoms with Crippen LogP contribution in [-0.4, -0.2) is 22.6 Å². The molecule has 0 aliphatic rings. The fourth-order valence-electron chi connectivity index (χ4n) is 1.89. The number of carbonyl (C=O) groups is 1. The van der Waals surface area contributed by atoms with Crippen LogP contribution >= 0.6 is 0 Å². The summed E-state index contributed by atoms with van der Waals surface area (Å²) in [6.07, 6.45) is 1.23. The minimum atomic E-state index is -0.729. The molecule has 1 atom stereocenters. The number of aliphatic hydroxyl groups is 1. The Morgan fingerprint density at radius 1 is 1.36 bits per heavy atom. The molecular weight excluding hydrogens is 282 g/mol. The lowest BCUT2D eigenvalue weighted by Crippen LogP contribution is -2.16. The predicted octanol–water partition coefficient (Wildman–Crippen LogP) is 2.22. The summed E-state index contributed by atoms with van der Waals surface area (Å²) in [5.41, 5.74) is 7.62. The number of anilines is 1. The molecule has 0 bridgehead atoms. The summed E-state index contributed by atoms with van der Waals surface area (Å²) >= 11 is 0. The second-order valence-corrected chi connectivity index (χ2v) is 6.14. The number of oxazole rings is 1. The number of carbonyl (C=O) groups excluding carboxylic acids is 1. The summed E-state index contributed by atoms with van der Waals surface area (Å²) in [5, 5.41) is 11.7. The molecule has 1 heterocycles. The van der Waals surface area contributed by atoms with Gasteiger partial charge in [-0.25, -0.2) is 4.98 Å². The molecule has 1 aromatic carbocycles. The molecule has 0 saturated carbocycles. The first-order valence-electron chi connectivity index (χ1n) is 7.05. The Morgan fingerprint density at radius 3 is 2.55 bits per heavy atom. The Balaban J connectivity index is 2.07. The summed E-state index contributed by atoms with van der Waals surface area (Å²) in [4.78, 5) is 16.1. The molecular formula is C16H21N3O3. The first-order chi connectivity index (χ1) is 10.3. The lowest BCUT2D eigenvalue weighted by atomic mass is 9.87. The monoisotopic (exact) mass is 303 g/mol. The van der Waals surface area contributed by atoms with E-state index in [4.69, 9.17) is 15.3 Å². The number of rotatable bonds is 4. The maximum atomic E-state index is 12.1. The van der Waals surface area contributed by atoms with E-state index in [1.165, 1.54) is 11.8 Å². The van der Waals surface area contributed by atoms with Crippen LogP contribution in [0.5, 0.6) is 0 Å². The van der Waals surface area contributed by atoms with Gasteiger partial charge in [-0.05, 0) is 23.1 Å². The van der Waals surface area contributed by atoms with E-state index in [0.717, 1.165) is 0 Å². The van der Waals surface area contributed by atoms with Gasteiger partial charge in [0.1, 0.15) is 12.3 Å². The van der Waals surface area contributed by atoms with E-state index < -0.39 is 6.04 Å². The van der Waals surface area contributed by atoms with Crippen molar-refractivity contribution >= 4 is 11.6 Å². The second-order valence-electron chi connectivity index (χ2n) is 6.14. The Morgan fingerprint density at radius 2 is 2.00 bits per heavy atom. The van der Waals surface area contributed by atoms with Crippen molar-refractivity contribution < 1.29 is 14.3 Å². The summed E-state index contributed by atoms with van der Waals surface area (Å²) in [6.45, 7) is 6.08. The highest BCUT2D eigenvalue weighted by atomic mass is 16.3. The Kier molecular flexibility index (Phi) is 4.63. The molecule has 2 aromatic rings. The molecule has 1 aromatic heterocycles. The summed E-state index contributed by atoms with van der Waals surface area (Å²) in [7, 11) is 0. The lowest BCUT2D eigenvalue weighted by molar-refractivity contribution is 0.102. The van der Waals surface area contributed by atoms with Gasteiger partial charge < -0.3 is 20.6 Å². The predicted molar refractivity (Wildman–Crippen MR) is 83.6 cm³/mol. The van der Waals surface area contributed by atoms with Crippen LogP contribution in [0.3, 0.4) is 0 Å². The first-order valence-corrected chi connectivity index (χ1v) is 7.05. The van der Waals surface area contributed by atoms with Gasteiger partial charge in [0.25, 0.3) is 5.91 Å². The Hall–Kier alpha value is -2.18. The first kappa shape index (κ1) is 16.2. The number of benzene rings is 1. The van der Waals surface area contributed by atoms with Gasteiger partial charge in [0.2, 0.25) is 5.89 Å². The molecule has 0 aliphatic heterocycles.